The molecule has 7 heteroatoms. The molecule has 2 amide bonds. The van der Waals surface area contributed by atoms with Gasteiger partial charge in [-0.05, 0) is 36.8 Å². The average molecular weight is 385 g/mol. The van der Waals surface area contributed by atoms with Gasteiger partial charge >= 0.3 is 0 Å². The van der Waals surface area contributed by atoms with Gasteiger partial charge in [-0.2, -0.15) is 5.10 Å². The summed E-state index contributed by atoms with van der Waals surface area (Å²) in [6, 6.07) is 15.4. The van der Waals surface area contributed by atoms with E-state index in [0.29, 0.717) is 0 Å². The molecule has 0 radical (unpaired) electrons. The van der Waals surface area contributed by atoms with E-state index in [1.165, 1.54) is 11.8 Å². The minimum atomic E-state index is -0.246. The first kappa shape index (κ1) is 20.5. The van der Waals surface area contributed by atoms with Crippen LogP contribution in [-0.2, 0) is 9.59 Å². The van der Waals surface area contributed by atoms with Crippen LogP contribution in [0.2, 0.25) is 0 Å². The summed E-state index contributed by atoms with van der Waals surface area (Å²) >= 11 is 1.24. The minimum Gasteiger partial charge on any atom is -0.378 e. The molecule has 2 aromatic carbocycles. The molecule has 2 aromatic rings. The molecular formula is C20H24N4O2S. The number of carbonyl (C=O) groups excluding carboxylic acids is 2. The molecule has 2 rings (SSSR count). The summed E-state index contributed by atoms with van der Waals surface area (Å²) in [4.78, 5) is 25.6. The average Bonchev–Trinajstić information content (AvgIpc) is 2.64. The fourth-order valence-corrected chi connectivity index (χ4v) is 2.75. The van der Waals surface area contributed by atoms with Gasteiger partial charge in [0.2, 0.25) is 11.8 Å². The van der Waals surface area contributed by atoms with Crippen molar-refractivity contribution >= 4 is 41.2 Å². The lowest BCUT2D eigenvalue weighted by Crippen LogP contribution is -2.21. The third-order valence-electron chi connectivity index (χ3n) is 3.61. The molecule has 6 nitrogen and oxygen atoms in total. The maximum absolute atomic E-state index is 11.9. The second-order valence-electron chi connectivity index (χ2n) is 6.19. The smallest absolute Gasteiger partial charge is 0.250 e. The van der Waals surface area contributed by atoms with Gasteiger partial charge in [0.15, 0.2) is 0 Å². The van der Waals surface area contributed by atoms with Gasteiger partial charge in [-0.25, -0.2) is 5.43 Å². The summed E-state index contributed by atoms with van der Waals surface area (Å²) in [5.74, 6) is -0.0136. The Morgan fingerprint density at radius 3 is 2.26 bits per heavy atom. The molecule has 0 aliphatic heterocycles. The fraction of sp³-hybridized carbons (Fsp3) is 0.250. The number of nitrogens with one attached hydrogen (secondary N) is 2. The number of rotatable bonds is 8. The second-order valence-corrected chi connectivity index (χ2v) is 7.17. The third kappa shape index (κ3) is 7.53. The number of nitrogens with zero attached hydrogens (tertiary/aromatic N) is 2. The van der Waals surface area contributed by atoms with E-state index in [1.54, 1.807) is 6.21 Å². The van der Waals surface area contributed by atoms with Crippen LogP contribution in [0.25, 0.3) is 0 Å². The van der Waals surface area contributed by atoms with E-state index in [0.717, 1.165) is 22.5 Å². The Kier molecular flexibility index (Phi) is 7.88. The second kappa shape index (κ2) is 10.4. The summed E-state index contributed by atoms with van der Waals surface area (Å²) in [6.07, 6.45) is 1.59. The molecule has 2 N–H and O–H groups in total. The SMILES string of the molecule is Cc1ccc(NC(=O)CSCC(=O)N/N=C/c2ccc(N(C)C)cc2)cc1. The standard InChI is InChI=1S/C20H24N4O2S/c1-15-4-8-17(9-5-15)22-19(25)13-27-14-20(26)23-21-12-16-6-10-18(11-7-16)24(2)3/h4-12H,13-14H2,1-3H3,(H,22,25)(H,23,26)/b21-12+. The van der Waals surface area contributed by atoms with Crippen molar-refractivity contribution in [3.05, 3.63) is 59.7 Å². The number of hydrogen-bond acceptors (Lipinski definition) is 5. The zero-order chi connectivity index (χ0) is 19.6. The van der Waals surface area contributed by atoms with Gasteiger partial charge in [-0.3, -0.25) is 9.59 Å². The Bertz CT molecular complexity index is 787. The molecule has 142 valence electrons. The van der Waals surface area contributed by atoms with Crippen molar-refractivity contribution in [1.82, 2.24) is 5.43 Å². The van der Waals surface area contributed by atoms with Gasteiger partial charge in [0.25, 0.3) is 0 Å². The predicted molar refractivity (Wildman–Crippen MR) is 114 cm³/mol. The van der Waals surface area contributed by atoms with Crippen LogP contribution < -0.4 is 15.6 Å². The van der Waals surface area contributed by atoms with E-state index in [2.05, 4.69) is 15.8 Å². The number of benzene rings is 2. The number of hydrogen-bond donors (Lipinski definition) is 2. The lowest BCUT2D eigenvalue weighted by atomic mass is 10.2. The zero-order valence-corrected chi connectivity index (χ0v) is 16.5. The Morgan fingerprint density at radius 2 is 1.63 bits per heavy atom. The van der Waals surface area contributed by atoms with Crippen LogP contribution in [0.1, 0.15) is 11.1 Å². The summed E-state index contributed by atoms with van der Waals surface area (Å²) in [5, 5.41) is 6.73. The molecule has 0 aromatic heterocycles. The van der Waals surface area contributed by atoms with Gasteiger partial charge in [-0.15, -0.1) is 11.8 Å². The summed E-state index contributed by atoms with van der Waals surface area (Å²) in [6.45, 7) is 1.99. The third-order valence-corrected chi connectivity index (χ3v) is 4.55. The number of aryl methyl sites for hydroxylation is 1. The highest BCUT2D eigenvalue weighted by Gasteiger charge is 2.05. The van der Waals surface area contributed by atoms with E-state index < -0.39 is 0 Å². The van der Waals surface area contributed by atoms with Crippen LogP contribution in [0.4, 0.5) is 11.4 Å². The summed E-state index contributed by atoms with van der Waals surface area (Å²) in [5.41, 5.74) is 6.34. The maximum Gasteiger partial charge on any atom is 0.250 e. The zero-order valence-electron chi connectivity index (χ0n) is 15.7. The Labute approximate surface area is 164 Å². The van der Waals surface area contributed by atoms with Crippen LogP contribution in [0.3, 0.4) is 0 Å². The number of amides is 2. The fourth-order valence-electron chi connectivity index (χ4n) is 2.14. The first-order chi connectivity index (χ1) is 12.9. The van der Waals surface area contributed by atoms with Gasteiger partial charge in [0.1, 0.15) is 0 Å². The van der Waals surface area contributed by atoms with Crippen molar-refractivity contribution in [3.8, 4) is 0 Å². The summed E-state index contributed by atoms with van der Waals surface area (Å²) < 4.78 is 0. The summed E-state index contributed by atoms with van der Waals surface area (Å²) in [7, 11) is 3.95. The van der Waals surface area contributed by atoms with Crippen LogP contribution in [0.15, 0.2) is 53.6 Å². The van der Waals surface area contributed by atoms with Crippen molar-refractivity contribution in [2.24, 2.45) is 5.10 Å². The number of carbonyl (C=O) groups is 2. The molecule has 0 spiro atoms. The highest BCUT2D eigenvalue weighted by Crippen LogP contribution is 2.11. The Morgan fingerprint density at radius 1 is 1.00 bits per heavy atom. The van der Waals surface area contributed by atoms with E-state index in [-0.39, 0.29) is 23.3 Å². The van der Waals surface area contributed by atoms with Crippen LogP contribution in [-0.4, -0.2) is 43.6 Å². The van der Waals surface area contributed by atoms with Gasteiger partial charge in [0.05, 0.1) is 17.7 Å². The number of thioether (sulfide) groups is 1. The molecule has 0 aliphatic carbocycles. The maximum atomic E-state index is 11.9. The monoisotopic (exact) mass is 384 g/mol. The van der Waals surface area contributed by atoms with Crippen LogP contribution in [0.5, 0.6) is 0 Å². The molecule has 0 bridgehead atoms. The van der Waals surface area contributed by atoms with Crippen LogP contribution in [0, 0.1) is 6.92 Å². The van der Waals surface area contributed by atoms with Gasteiger partial charge < -0.3 is 10.2 Å². The molecule has 0 atom stereocenters. The van der Waals surface area contributed by atoms with Crippen molar-refractivity contribution in [2.45, 2.75) is 6.92 Å². The molecule has 0 heterocycles. The molecule has 0 aliphatic rings. The largest absolute Gasteiger partial charge is 0.378 e. The first-order valence-corrected chi connectivity index (χ1v) is 9.63. The molecule has 0 saturated heterocycles. The number of anilines is 2. The van der Waals surface area contributed by atoms with E-state index in [1.807, 2.05) is 74.4 Å². The Hall–Kier alpha value is -2.80. The predicted octanol–water partition coefficient (Wildman–Crippen LogP) is 2.88. The first-order valence-electron chi connectivity index (χ1n) is 8.47. The lowest BCUT2D eigenvalue weighted by Gasteiger charge is -2.11. The molecular weight excluding hydrogens is 360 g/mol. The Balaban J connectivity index is 1.66. The van der Waals surface area contributed by atoms with E-state index >= 15 is 0 Å². The van der Waals surface area contributed by atoms with Crippen LogP contribution >= 0.6 is 11.8 Å². The van der Waals surface area contributed by atoms with E-state index in [9.17, 15) is 9.59 Å². The minimum absolute atomic E-state index is 0.138. The number of hydrazone groups is 1. The molecule has 0 fully saturated rings. The van der Waals surface area contributed by atoms with Crippen molar-refractivity contribution < 1.29 is 9.59 Å². The molecule has 0 saturated carbocycles. The quantitative estimate of drug-likeness (QED) is 0.542. The van der Waals surface area contributed by atoms with Gasteiger partial charge in [-0.1, -0.05) is 29.8 Å². The highest BCUT2D eigenvalue weighted by atomic mass is 32.2. The molecule has 0 unspecified atom stereocenters. The van der Waals surface area contributed by atoms with Gasteiger partial charge in [0, 0.05) is 25.5 Å². The van der Waals surface area contributed by atoms with E-state index in [4.69, 9.17) is 0 Å². The normalized spacial score (nSPS) is 10.6. The van der Waals surface area contributed by atoms with Crippen molar-refractivity contribution in [3.63, 3.8) is 0 Å². The topological polar surface area (TPSA) is 73.8 Å². The molecule has 27 heavy (non-hydrogen) atoms. The highest BCUT2D eigenvalue weighted by molar-refractivity contribution is 8.00. The van der Waals surface area contributed by atoms with Crippen molar-refractivity contribution in [1.29, 1.82) is 0 Å². The lowest BCUT2D eigenvalue weighted by molar-refractivity contribution is -0.118. The van der Waals surface area contributed by atoms with Crippen molar-refractivity contribution in [2.75, 3.05) is 35.8 Å².